The number of benzene rings is 1. The molecule has 0 aliphatic carbocycles. The Morgan fingerprint density at radius 2 is 2.00 bits per heavy atom. The molecule has 0 saturated heterocycles. The zero-order chi connectivity index (χ0) is 15.6. The predicted octanol–water partition coefficient (Wildman–Crippen LogP) is 3.18. The minimum atomic E-state index is -4.77. The van der Waals surface area contributed by atoms with Crippen LogP contribution in [0.4, 0.5) is 22.0 Å². The highest BCUT2D eigenvalue weighted by atomic mass is 19.4. The molecule has 0 unspecified atom stereocenters. The van der Waals surface area contributed by atoms with E-state index >= 15 is 0 Å². The number of hydrogen-bond acceptors (Lipinski definition) is 2. The Kier molecular flexibility index (Phi) is 3.84. The van der Waals surface area contributed by atoms with E-state index in [0.29, 0.717) is 16.9 Å². The second-order valence-electron chi connectivity index (χ2n) is 3.86. The fourth-order valence-electron chi connectivity index (χ4n) is 1.60. The van der Waals surface area contributed by atoms with Gasteiger partial charge in [0, 0.05) is 6.07 Å². The van der Waals surface area contributed by atoms with Crippen LogP contribution in [0.25, 0.3) is 5.69 Å². The standard InChI is InChI=1S/C13H7F5N2O/c1-2-5-21-12-9(13(16,17)18)7-19-20(12)11-6-8(14)3-4-10(11)15/h1,3-4,6-7H,5H2. The van der Waals surface area contributed by atoms with Crippen molar-refractivity contribution in [1.29, 1.82) is 0 Å². The molecule has 0 aliphatic heterocycles. The highest BCUT2D eigenvalue weighted by Crippen LogP contribution is 2.37. The number of ether oxygens (including phenoxy) is 1. The van der Waals surface area contributed by atoms with Gasteiger partial charge in [0.25, 0.3) is 0 Å². The van der Waals surface area contributed by atoms with Gasteiger partial charge in [-0.25, -0.2) is 8.78 Å². The van der Waals surface area contributed by atoms with Crippen LogP contribution in [0, 0.1) is 24.0 Å². The molecule has 3 nitrogen and oxygen atoms in total. The molecule has 2 aromatic rings. The summed E-state index contributed by atoms with van der Waals surface area (Å²) < 4.78 is 70.6. The maximum atomic E-state index is 13.7. The summed E-state index contributed by atoms with van der Waals surface area (Å²) in [5.41, 5.74) is -1.75. The van der Waals surface area contributed by atoms with Gasteiger partial charge in [0.2, 0.25) is 5.88 Å². The molecule has 1 heterocycles. The highest BCUT2D eigenvalue weighted by Gasteiger charge is 2.38. The second-order valence-corrected chi connectivity index (χ2v) is 3.86. The molecule has 0 spiro atoms. The Balaban J connectivity index is 2.61. The number of aromatic nitrogens is 2. The molecule has 0 radical (unpaired) electrons. The number of rotatable bonds is 3. The van der Waals surface area contributed by atoms with E-state index in [-0.39, 0.29) is 0 Å². The van der Waals surface area contributed by atoms with Crippen LogP contribution in [0.15, 0.2) is 24.4 Å². The van der Waals surface area contributed by atoms with Crippen molar-refractivity contribution in [2.24, 2.45) is 0 Å². The number of alkyl halides is 3. The first-order valence-corrected chi connectivity index (χ1v) is 5.51. The SMILES string of the molecule is C#CCOc1c(C(F)(F)F)cnn1-c1cc(F)ccc1F. The van der Waals surface area contributed by atoms with E-state index < -0.39 is 41.5 Å². The van der Waals surface area contributed by atoms with Crippen LogP contribution in [0.3, 0.4) is 0 Å². The number of hydrogen-bond donors (Lipinski definition) is 0. The largest absolute Gasteiger partial charge is 0.464 e. The van der Waals surface area contributed by atoms with Gasteiger partial charge in [-0.1, -0.05) is 5.92 Å². The molecule has 21 heavy (non-hydrogen) atoms. The second kappa shape index (κ2) is 5.44. The van der Waals surface area contributed by atoms with Crippen LogP contribution in [0.2, 0.25) is 0 Å². The van der Waals surface area contributed by atoms with Crippen molar-refractivity contribution < 1.29 is 26.7 Å². The van der Waals surface area contributed by atoms with E-state index in [1.807, 2.05) is 5.92 Å². The summed E-state index contributed by atoms with van der Waals surface area (Å²) in [6.07, 6.45) is 0.610. The molecule has 2 rings (SSSR count). The van der Waals surface area contributed by atoms with E-state index in [4.69, 9.17) is 11.2 Å². The van der Waals surface area contributed by atoms with Gasteiger partial charge in [-0.3, -0.25) is 0 Å². The molecule has 8 heteroatoms. The Labute approximate surface area is 115 Å². The average molecular weight is 302 g/mol. The first kappa shape index (κ1) is 14.8. The van der Waals surface area contributed by atoms with Crippen LogP contribution < -0.4 is 4.74 Å². The van der Waals surface area contributed by atoms with E-state index in [0.717, 1.165) is 12.1 Å². The quantitative estimate of drug-likeness (QED) is 0.643. The lowest BCUT2D eigenvalue weighted by molar-refractivity contribution is -0.138. The molecule has 0 saturated carbocycles. The van der Waals surface area contributed by atoms with E-state index in [2.05, 4.69) is 5.10 Å². The Hall–Kier alpha value is -2.56. The molecule has 0 atom stereocenters. The summed E-state index contributed by atoms with van der Waals surface area (Å²) in [7, 11) is 0. The van der Waals surface area contributed by atoms with Crippen molar-refractivity contribution in [3.05, 3.63) is 41.6 Å². The molecule has 1 aromatic heterocycles. The molecular formula is C13H7F5N2O. The maximum Gasteiger partial charge on any atom is 0.423 e. The minimum absolute atomic E-state index is 0.455. The normalized spacial score (nSPS) is 11.2. The summed E-state index contributed by atoms with van der Waals surface area (Å²) in [6.45, 7) is -0.480. The van der Waals surface area contributed by atoms with E-state index in [9.17, 15) is 22.0 Å². The lowest BCUT2D eigenvalue weighted by Gasteiger charge is -2.11. The number of halogens is 5. The van der Waals surface area contributed by atoms with Gasteiger partial charge in [-0.15, -0.1) is 6.42 Å². The van der Waals surface area contributed by atoms with Crippen molar-refractivity contribution in [1.82, 2.24) is 9.78 Å². The lowest BCUT2D eigenvalue weighted by Crippen LogP contribution is -2.10. The fraction of sp³-hybridized carbons (Fsp3) is 0.154. The van der Waals surface area contributed by atoms with E-state index in [1.54, 1.807) is 0 Å². The third kappa shape index (κ3) is 2.97. The molecule has 110 valence electrons. The van der Waals surface area contributed by atoms with Crippen LogP contribution in [-0.2, 0) is 6.18 Å². The number of nitrogens with zero attached hydrogens (tertiary/aromatic N) is 2. The first-order valence-electron chi connectivity index (χ1n) is 5.51. The maximum absolute atomic E-state index is 13.7. The Bertz CT molecular complexity index is 700. The molecule has 0 N–H and O–H groups in total. The molecule has 0 aliphatic rings. The van der Waals surface area contributed by atoms with Gasteiger partial charge >= 0.3 is 6.18 Å². The van der Waals surface area contributed by atoms with Gasteiger partial charge in [-0.2, -0.15) is 23.0 Å². The number of terminal acetylenes is 1. The third-order valence-corrected chi connectivity index (χ3v) is 2.46. The van der Waals surface area contributed by atoms with Gasteiger partial charge in [0.05, 0.1) is 6.20 Å². The zero-order valence-electron chi connectivity index (χ0n) is 10.3. The summed E-state index contributed by atoms with van der Waals surface area (Å²) >= 11 is 0. The lowest BCUT2D eigenvalue weighted by atomic mass is 10.3. The first-order chi connectivity index (χ1) is 9.84. The van der Waals surface area contributed by atoms with Gasteiger partial charge in [-0.05, 0) is 12.1 Å². The van der Waals surface area contributed by atoms with Crippen molar-refractivity contribution >= 4 is 0 Å². The molecule has 0 bridgehead atoms. The van der Waals surface area contributed by atoms with Gasteiger partial charge < -0.3 is 4.74 Å². The zero-order valence-corrected chi connectivity index (χ0v) is 10.3. The van der Waals surface area contributed by atoms with Crippen LogP contribution >= 0.6 is 0 Å². The van der Waals surface area contributed by atoms with Crippen LogP contribution in [0.5, 0.6) is 5.88 Å². The summed E-state index contributed by atoms with van der Waals surface area (Å²) in [5, 5.41) is 3.40. The Morgan fingerprint density at radius 3 is 2.62 bits per heavy atom. The van der Waals surface area contributed by atoms with Crippen molar-refractivity contribution in [2.75, 3.05) is 6.61 Å². The summed E-state index contributed by atoms with van der Waals surface area (Å²) in [5.74, 6) is -0.604. The molecule has 0 amide bonds. The van der Waals surface area contributed by atoms with Crippen molar-refractivity contribution in [3.8, 4) is 23.9 Å². The highest BCUT2D eigenvalue weighted by molar-refractivity contribution is 5.41. The predicted molar refractivity (Wildman–Crippen MR) is 62.8 cm³/mol. The van der Waals surface area contributed by atoms with Gasteiger partial charge in [0.1, 0.15) is 22.9 Å². The fourth-order valence-corrected chi connectivity index (χ4v) is 1.60. The van der Waals surface area contributed by atoms with Crippen molar-refractivity contribution in [3.63, 3.8) is 0 Å². The molecular weight excluding hydrogens is 295 g/mol. The summed E-state index contributed by atoms with van der Waals surface area (Å²) in [6, 6.07) is 2.30. The van der Waals surface area contributed by atoms with Crippen molar-refractivity contribution in [2.45, 2.75) is 6.18 Å². The smallest absolute Gasteiger partial charge is 0.423 e. The van der Waals surface area contributed by atoms with E-state index in [1.165, 1.54) is 0 Å². The molecule has 0 fully saturated rings. The minimum Gasteiger partial charge on any atom is -0.464 e. The average Bonchev–Trinajstić information content (AvgIpc) is 2.82. The summed E-state index contributed by atoms with van der Waals surface area (Å²) in [4.78, 5) is 0. The molecule has 1 aromatic carbocycles. The van der Waals surface area contributed by atoms with Crippen LogP contribution in [-0.4, -0.2) is 16.4 Å². The Morgan fingerprint density at radius 1 is 1.29 bits per heavy atom. The third-order valence-electron chi connectivity index (χ3n) is 2.46. The van der Waals surface area contributed by atoms with Gasteiger partial charge in [0.15, 0.2) is 6.61 Å². The topological polar surface area (TPSA) is 27.1 Å². The monoisotopic (exact) mass is 302 g/mol. The van der Waals surface area contributed by atoms with Crippen LogP contribution in [0.1, 0.15) is 5.56 Å².